The van der Waals surface area contributed by atoms with Crippen LogP contribution in [0.25, 0.3) is 16.7 Å². The van der Waals surface area contributed by atoms with E-state index in [4.69, 9.17) is 0 Å². The highest BCUT2D eigenvalue weighted by atomic mass is 16.6. The SMILES string of the molecule is Cc1ccc(C(=O)Cn2cnc3c(cnn3-c3ccccc3[N+](=O)[O-])c2=O)cc1C. The molecule has 0 fully saturated rings. The van der Waals surface area contributed by atoms with Crippen LogP contribution in [-0.2, 0) is 6.54 Å². The van der Waals surface area contributed by atoms with Crippen molar-refractivity contribution < 1.29 is 9.72 Å². The lowest BCUT2D eigenvalue weighted by molar-refractivity contribution is -0.384. The van der Waals surface area contributed by atoms with Crippen molar-refractivity contribution in [3.05, 3.63) is 92.1 Å². The molecule has 4 rings (SSSR count). The van der Waals surface area contributed by atoms with Gasteiger partial charge < -0.3 is 0 Å². The highest BCUT2D eigenvalue weighted by molar-refractivity contribution is 5.96. The first-order chi connectivity index (χ1) is 14.4. The van der Waals surface area contributed by atoms with Gasteiger partial charge in [-0.25, -0.2) is 9.67 Å². The van der Waals surface area contributed by atoms with Crippen LogP contribution in [0.2, 0.25) is 0 Å². The van der Waals surface area contributed by atoms with Gasteiger partial charge in [-0.2, -0.15) is 5.10 Å². The second kappa shape index (κ2) is 7.36. The van der Waals surface area contributed by atoms with E-state index in [1.54, 1.807) is 24.3 Å². The van der Waals surface area contributed by atoms with E-state index in [0.717, 1.165) is 11.1 Å². The third kappa shape index (κ3) is 3.26. The largest absolute Gasteiger partial charge is 0.294 e. The molecule has 9 nitrogen and oxygen atoms in total. The van der Waals surface area contributed by atoms with Crippen LogP contribution >= 0.6 is 0 Å². The first kappa shape index (κ1) is 19.2. The molecule has 0 N–H and O–H groups in total. The van der Waals surface area contributed by atoms with Gasteiger partial charge in [0.1, 0.15) is 17.4 Å². The molecule has 0 spiro atoms. The Morgan fingerprint density at radius 2 is 1.90 bits per heavy atom. The molecule has 0 amide bonds. The zero-order valence-corrected chi connectivity index (χ0v) is 16.3. The molecule has 2 aromatic heterocycles. The standard InChI is InChI=1S/C21H17N5O4/c1-13-7-8-15(9-14(13)2)19(27)11-24-12-22-20-16(21(24)28)10-23-25(20)17-5-3-4-6-18(17)26(29)30/h3-10,12H,11H2,1-2H3. The predicted molar refractivity (Wildman–Crippen MR) is 110 cm³/mol. The van der Waals surface area contributed by atoms with Crippen molar-refractivity contribution in [3.8, 4) is 5.69 Å². The number of fused-ring (bicyclic) bond motifs is 1. The summed E-state index contributed by atoms with van der Waals surface area (Å²) in [6, 6.07) is 11.5. The quantitative estimate of drug-likeness (QED) is 0.288. The van der Waals surface area contributed by atoms with Crippen molar-refractivity contribution in [3.63, 3.8) is 0 Å². The van der Waals surface area contributed by atoms with E-state index in [-0.39, 0.29) is 34.7 Å². The summed E-state index contributed by atoms with van der Waals surface area (Å²) in [5.41, 5.74) is 2.38. The molecule has 2 heterocycles. The van der Waals surface area contributed by atoms with Gasteiger partial charge in [0.25, 0.3) is 11.2 Å². The summed E-state index contributed by atoms with van der Waals surface area (Å²) in [7, 11) is 0. The van der Waals surface area contributed by atoms with Crippen LogP contribution < -0.4 is 5.56 Å². The van der Waals surface area contributed by atoms with Gasteiger partial charge in [-0.3, -0.25) is 24.3 Å². The number of nitro benzene ring substituents is 1. The van der Waals surface area contributed by atoms with Crippen molar-refractivity contribution in [1.29, 1.82) is 0 Å². The summed E-state index contributed by atoms with van der Waals surface area (Å²) in [5.74, 6) is -0.215. The average Bonchev–Trinajstić information content (AvgIpc) is 3.16. The van der Waals surface area contributed by atoms with Gasteiger partial charge >= 0.3 is 0 Å². The monoisotopic (exact) mass is 403 g/mol. The van der Waals surface area contributed by atoms with E-state index in [1.165, 1.54) is 33.9 Å². The number of hydrogen-bond acceptors (Lipinski definition) is 6. The molecule has 0 bridgehead atoms. The molecule has 4 aromatic rings. The molecule has 0 radical (unpaired) electrons. The lowest BCUT2D eigenvalue weighted by atomic mass is 10.0. The molecule has 0 aliphatic carbocycles. The molecular weight excluding hydrogens is 386 g/mol. The summed E-state index contributed by atoms with van der Waals surface area (Å²) in [5, 5.41) is 15.6. The number of carbonyl (C=O) groups is 1. The number of nitrogens with zero attached hydrogens (tertiary/aromatic N) is 5. The third-order valence-corrected chi connectivity index (χ3v) is 5.00. The summed E-state index contributed by atoms with van der Waals surface area (Å²) in [6.45, 7) is 3.71. The van der Waals surface area contributed by atoms with Crippen molar-refractivity contribution in [2.75, 3.05) is 0 Å². The molecular formula is C21H17N5O4. The maximum absolute atomic E-state index is 12.9. The molecule has 0 aliphatic heterocycles. The van der Waals surface area contributed by atoms with Gasteiger partial charge in [0.05, 0.1) is 17.7 Å². The lowest BCUT2D eigenvalue weighted by Crippen LogP contribution is -2.24. The molecule has 9 heteroatoms. The van der Waals surface area contributed by atoms with Crippen molar-refractivity contribution >= 4 is 22.5 Å². The number of carbonyl (C=O) groups excluding carboxylic acids is 1. The zero-order chi connectivity index (χ0) is 21.4. The summed E-state index contributed by atoms with van der Waals surface area (Å²) in [4.78, 5) is 40.5. The topological polar surface area (TPSA) is 113 Å². The number of aromatic nitrogens is 4. The number of para-hydroxylation sites is 2. The Kier molecular flexibility index (Phi) is 4.71. The molecule has 0 atom stereocenters. The summed E-state index contributed by atoms with van der Waals surface area (Å²) >= 11 is 0. The van der Waals surface area contributed by atoms with Crippen LogP contribution in [0.4, 0.5) is 5.69 Å². The second-order valence-corrected chi connectivity index (χ2v) is 6.94. The fraction of sp³-hybridized carbons (Fsp3) is 0.143. The van der Waals surface area contributed by atoms with Gasteiger partial charge in [0.15, 0.2) is 11.4 Å². The fourth-order valence-electron chi connectivity index (χ4n) is 3.20. The van der Waals surface area contributed by atoms with Gasteiger partial charge in [-0.1, -0.05) is 24.3 Å². The van der Waals surface area contributed by atoms with Gasteiger partial charge in [0, 0.05) is 11.6 Å². The zero-order valence-electron chi connectivity index (χ0n) is 16.3. The van der Waals surface area contributed by atoms with E-state index >= 15 is 0 Å². The van der Waals surface area contributed by atoms with Gasteiger partial charge in [-0.05, 0) is 37.1 Å². The van der Waals surface area contributed by atoms with Crippen molar-refractivity contribution in [1.82, 2.24) is 19.3 Å². The number of aryl methyl sites for hydroxylation is 2. The lowest BCUT2D eigenvalue weighted by Gasteiger charge is -2.08. The fourth-order valence-corrected chi connectivity index (χ4v) is 3.20. The maximum atomic E-state index is 12.9. The number of rotatable bonds is 5. The van der Waals surface area contributed by atoms with E-state index in [9.17, 15) is 19.7 Å². The first-order valence-corrected chi connectivity index (χ1v) is 9.14. The third-order valence-electron chi connectivity index (χ3n) is 5.00. The number of ketones is 1. The smallest absolute Gasteiger partial charge is 0.292 e. The van der Waals surface area contributed by atoms with E-state index in [2.05, 4.69) is 10.1 Å². The van der Waals surface area contributed by atoms with Crippen molar-refractivity contribution in [2.24, 2.45) is 0 Å². The molecule has 0 saturated carbocycles. The Hall–Kier alpha value is -4.14. The van der Waals surface area contributed by atoms with Gasteiger partial charge in [0.2, 0.25) is 0 Å². The molecule has 0 saturated heterocycles. The van der Waals surface area contributed by atoms with E-state index < -0.39 is 10.5 Å². The van der Waals surface area contributed by atoms with Crippen LogP contribution in [0, 0.1) is 24.0 Å². The highest BCUT2D eigenvalue weighted by Crippen LogP contribution is 2.23. The molecule has 30 heavy (non-hydrogen) atoms. The molecule has 0 aliphatic rings. The summed E-state index contributed by atoms with van der Waals surface area (Å²) < 4.78 is 2.47. The number of hydrogen-bond donors (Lipinski definition) is 0. The minimum Gasteiger partial charge on any atom is -0.292 e. The Labute approximate surface area is 170 Å². The number of benzene rings is 2. The normalized spacial score (nSPS) is 11.0. The Morgan fingerprint density at radius 1 is 1.13 bits per heavy atom. The highest BCUT2D eigenvalue weighted by Gasteiger charge is 2.19. The van der Waals surface area contributed by atoms with Crippen LogP contribution in [0.3, 0.4) is 0 Å². The van der Waals surface area contributed by atoms with Gasteiger partial charge in [-0.15, -0.1) is 0 Å². The minimum absolute atomic E-state index is 0.154. The average molecular weight is 403 g/mol. The number of nitro groups is 1. The van der Waals surface area contributed by atoms with Crippen LogP contribution in [0.15, 0.2) is 59.8 Å². The first-order valence-electron chi connectivity index (χ1n) is 9.14. The Bertz CT molecular complexity index is 1370. The van der Waals surface area contributed by atoms with Crippen LogP contribution in [0.5, 0.6) is 0 Å². The maximum Gasteiger partial charge on any atom is 0.294 e. The molecule has 2 aromatic carbocycles. The van der Waals surface area contributed by atoms with Crippen molar-refractivity contribution in [2.45, 2.75) is 20.4 Å². The van der Waals surface area contributed by atoms with E-state index in [0.29, 0.717) is 5.56 Å². The molecule has 150 valence electrons. The second-order valence-electron chi connectivity index (χ2n) is 6.94. The predicted octanol–water partition coefficient (Wildman–Crippen LogP) is 2.99. The molecule has 0 unspecified atom stereocenters. The Balaban J connectivity index is 1.73. The number of Topliss-reactive ketones (excluding diaryl/α,β-unsaturated/α-hetero) is 1. The van der Waals surface area contributed by atoms with E-state index in [1.807, 2.05) is 19.9 Å². The summed E-state index contributed by atoms with van der Waals surface area (Å²) in [6.07, 6.45) is 2.56. The van der Waals surface area contributed by atoms with Crippen LogP contribution in [-0.4, -0.2) is 30.0 Å². The minimum atomic E-state index is -0.522. The Morgan fingerprint density at radius 3 is 2.63 bits per heavy atom. The van der Waals surface area contributed by atoms with Crippen LogP contribution in [0.1, 0.15) is 21.5 Å².